The highest BCUT2D eigenvalue weighted by Crippen LogP contribution is 2.39. The number of pyridine rings is 3. The van der Waals surface area contributed by atoms with Crippen LogP contribution in [0.25, 0.3) is 32.7 Å². The Morgan fingerprint density at radius 1 is 0.398 bits per heavy atom. The maximum atomic E-state index is 13.5. The van der Waals surface area contributed by atoms with Crippen LogP contribution in [0.2, 0.25) is 15.1 Å². The molecule has 3 aliphatic rings. The lowest BCUT2D eigenvalue weighted by atomic mass is 10.1. The summed E-state index contributed by atoms with van der Waals surface area (Å²) in [7, 11) is 3.78. The van der Waals surface area contributed by atoms with Crippen LogP contribution in [0.15, 0.2) is 209 Å². The molecule has 30 heteroatoms. The minimum Gasteiger partial charge on any atom is -0.362 e. The number of nitrogens with zero attached hydrogens (tertiary/aromatic N) is 13. The van der Waals surface area contributed by atoms with Gasteiger partial charge in [-0.15, -0.1) is 0 Å². The third-order valence-electron chi connectivity index (χ3n) is 19.1. The molecule has 3 aliphatic heterocycles. The van der Waals surface area contributed by atoms with E-state index in [1.807, 2.05) is 89.5 Å². The molecule has 0 N–H and O–H groups in total. The molecule has 3 amide bonds. The number of hydrogen-bond acceptors (Lipinski definition) is 16. The van der Waals surface area contributed by atoms with Gasteiger partial charge in [-0.2, -0.15) is 0 Å². The van der Waals surface area contributed by atoms with E-state index in [1.165, 1.54) is 68.3 Å². The van der Waals surface area contributed by atoms with Gasteiger partial charge < -0.3 is 38.9 Å². The summed E-state index contributed by atoms with van der Waals surface area (Å²) in [5.41, 5.74) is 1.99. The van der Waals surface area contributed by atoms with Gasteiger partial charge in [0.1, 0.15) is 28.7 Å². The van der Waals surface area contributed by atoms with Gasteiger partial charge in [0.15, 0.2) is 0 Å². The summed E-state index contributed by atoms with van der Waals surface area (Å²) < 4.78 is 30.9. The number of aromatic nitrogens is 3. The van der Waals surface area contributed by atoms with Gasteiger partial charge in [-0.1, -0.05) is 132 Å². The number of amides is 3. The van der Waals surface area contributed by atoms with E-state index in [9.17, 15) is 67.9 Å². The fourth-order valence-corrected chi connectivity index (χ4v) is 14.1. The average Bonchev–Trinajstić information content (AvgIpc) is 0.758. The van der Waals surface area contributed by atoms with Crippen molar-refractivity contribution in [2.75, 3.05) is 114 Å². The molecule has 0 radical (unpaired) electrons. The molecule has 3 saturated heterocycles. The molecule has 11 aromatic rings. The molecule has 6 heterocycles. The Balaban J connectivity index is 0.000000151. The minimum absolute atomic E-state index is 0.0424. The fourth-order valence-electron chi connectivity index (χ4n) is 13.7. The van der Waals surface area contributed by atoms with Crippen LogP contribution >= 0.6 is 34.8 Å². The summed E-state index contributed by atoms with van der Waals surface area (Å²) in [6.07, 6.45) is 0. The highest BCUT2D eigenvalue weighted by Gasteiger charge is 2.37. The van der Waals surface area contributed by atoms with Crippen LogP contribution in [0.5, 0.6) is 0 Å². The third-order valence-corrected chi connectivity index (χ3v) is 20.1. The lowest BCUT2D eigenvalue weighted by molar-refractivity contribution is -0.385. The second kappa shape index (κ2) is 33.3. The largest absolute Gasteiger partial charge is 0.362 e. The van der Waals surface area contributed by atoms with Crippen molar-refractivity contribution in [1.29, 1.82) is 0 Å². The Hall–Kier alpha value is -11.9. The van der Waals surface area contributed by atoms with Gasteiger partial charge in [0.2, 0.25) is 0 Å². The quantitative estimate of drug-likeness (QED) is 0.0642. The standard InChI is InChI=1S/C27H22Cl2N4O4.C27H22F2N4O4.C24H26ClN5O4/c28-21-11-10-19(16-22(21)29)26(34)31-14-12-30(13-15-31)24-20-8-4-5-9-23(20)32(27(35)25(24)33(36)37)17-18-6-2-1-3-7-18;28-20-9-5-18(6-10-20)17-32-23-4-2-1-3-22(23)24(25(27(32)35)33(36)37)30-13-15-31(16-14-30)26(34)19-7-11-21(29)12-8-19;1-26(2)11-16-29-20-6-4-3-5-19(20)21(22(24(29)32)30(33)34)27-12-14-28(15-13-27)23(31)17-7-9-18(25)10-8-17/h1-11,16H,12-15,17H2;1-12H,13-17H2;3-10H,11-16H2,1-2H3. The van der Waals surface area contributed by atoms with E-state index in [2.05, 4.69) is 0 Å². The number of fused-ring (bicyclic) bond motifs is 3. The molecule has 108 heavy (non-hydrogen) atoms. The molecule has 3 fully saturated rings. The van der Waals surface area contributed by atoms with Crippen molar-refractivity contribution in [2.24, 2.45) is 0 Å². The summed E-state index contributed by atoms with van der Waals surface area (Å²) in [5, 5.41) is 39.5. The maximum Gasteiger partial charge on any atom is 0.357 e. The van der Waals surface area contributed by atoms with E-state index >= 15 is 0 Å². The average molecular weight is 1530 g/mol. The highest BCUT2D eigenvalue weighted by atomic mass is 35.5. The monoisotopic (exact) mass is 1520 g/mol. The molecule has 0 saturated carbocycles. The fraction of sp³-hybridized carbons (Fsp3) is 0.231. The van der Waals surface area contributed by atoms with Crippen LogP contribution in [-0.2, 0) is 19.6 Å². The number of para-hydroxylation sites is 3. The molecule has 0 aliphatic carbocycles. The van der Waals surface area contributed by atoms with E-state index in [0.717, 1.165) is 5.56 Å². The molecule has 14 rings (SSSR count). The molecule has 8 aromatic carbocycles. The number of piperazine rings is 3. The Bertz CT molecular complexity index is 5460. The first kappa shape index (κ1) is 75.8. The summed E-state index contributed by atoms with van der Waals surface area (Å²) in [5.74, 6) is -1.42. The van der Waals surface area contributed by atoms with Crippen molar-refractivity contribution < 1.29 is 37.9 Å². The van der Waals surface area contributed by atoms with Gasteiger partial charge in [-0.25, -0.2) is 8.78 Å². The van der Waals surface area contributed by atoms with E-state index in [-0.39, 0.29) is 68.4 Å². The zero-order chi connectivity index (χ0) is 76.6. The maximum absolute atomic E-state index is 13.5. The topological polar surface area (TPSA) is 269 Å². The van der Waals surface area contributed by atoms with Crippen molar-refractivity contribution in [3.05, 3.63) is 310 Å². The summed E-state index contributed by atoms with van der Waals surface area (Å²) in [6.45, 7) is 5.15. The van der Waals surface area contributed by atoms with Crippen LogP contribution < -0.4 is 31.4 Å². The first-order chi connectivity index (χ1) is 51.9. The molecule has 0 atom stereocenters. The smallest absolute Gasteiger partial charge is 0.357 e. The van der Waals surface area contributed by atoms with Crippen LogP contribution in [0.4, 0.5) is 42.9 Å². The molecule has 0 bridgehead atoms. The van der Waals surface area contributed by atoms with Crippen molar-refractivity contribution in [3.63, 3.8) is 0 Å². The molecule has 25 nitrogen and oxygen atoms in total. The second-order valence-electron chi connectivity index (χ2n) is 26.0. The summed E-state index contributed by atoms with van der Waals surface area (Å²) in [6, 6.07) is 53.2. The van der Waals surface area contributed by atoms with E-state index in [0.29, 0.717) is 141 Å². The number of hydrogen-bond donors (Lipinski definition) is 0. The summed E-state index contributed by atoms with van der Waals surface area (Å²) in [4.78, 5) is 126. The van der Waals surface area contributed by atoms with Gasteiger partial charge in [0.05, 0.1) is 54.5 Å². The van der Waals surface area contributed by atoms with Crippen LogP contribution in [-0.4, -0.2) is 165 Å². The number of benzene rings is 8. The first-order valence-corrected chi connectivity index (χ1v) is 35.5. The molecule has 0 spiro atoms. The van der Waals surface area contributed by atoms with Crippen molar-refractivity contribution in [2.45, 2.75) is 19.6 Å². The number of carbonyl (C=O) groups excluding carboxylic acids is 3. The van der Waals surface area contributed by atoms with Crippen molar-refractivity contribution in [1.82, 2.24) is 33.3 Å². The predicted octanol–water partition coefficient (Wildman–Crippen LogP) is 12.5. The van der Waals surface area contributed by atoms with Crippen LogP contribution in [0.3, 0.4) is 0 Å². The number of likely N-dealkylation sites (N-methyl/N-ethyl adjacent to an activating group) is 1. The Morgan fingerprint density at radius 2 is 0.722 bits per heavy atom. The predicted molar refractivity (Wildman–Crippen MR) is 413 cm³/mol. The van der Waals surface area contributed by atoms with Gasteiger partial charge in [0, 0.05) is 129 Å². The number of nitro groups is 3. The van der Waals surface area contributed by atoms with Crippen LogP contribution in [0.1, 0.15) is 42.2 Å². The van der Waals surface area contributed by atoms with E-state index in [4.69, 9.17) is 34.8 Å². The minimum atomic E-state index is -0.757. The molecule has 0 unspecified atom stereocenters. The number of anilines is 3. The Labute approximate surface area is 630 Å². The Morgan fingerprint density at radius 3 is 1.10 bits per heavy atom. The molecule has 554 valence electrons. The van der Waals surface area contributed by atoms with Crippen LogP contribution in [0, 0.1) is 42.0 Å². The molecule has 3 aromatic heterocycles. The number of halogens is 5. The zero-order valence-corrected chi connectivity index (χ0v) is 60.7. The normalized spacial score (nSPS) is 13.8. The molecular weight excluding hydrogens is 1460 g/mol. The van der Waals surface area contributed by atoms with Gasteiger partial charge in [-0.3, -0.25) is 68.2 Å². The molecular formula is C78H70Cl3F2N13O12. The van der Waals surface area contributed by atoms with Gasteiger partial charge >= 0.3 is 33.7 Å². The van der Waals surface area contributed by atoms with Gasteiger partial charge in [0.25, 0.3) is 17.7 Å². The third kappa shape index (κ3) is 16.4. The second-order valence-corrected chi connectivity index (χ2v) is 27.3. The van der Waals surface area contributed by atoms with E-state index < -0.39 is 60.1 Å². The lowest BCUT2D eigenvalue weighted by Gasteiger charge is -2.36. The number of carbonyl (C=O) groups is 3. The SMILES string of the molecule is CN(C)CCn1c(=O)c([N+](=O)[O-])c(N2CCN(C(=O)c3ccc(Cl)cc3)CC2)c2ccccc21.O=C(c1ccc(Cl)c(Cl)c1)N1CCN(c2c([N+](=O)[O-])c(=O)n(Cc3ccccc3)c3ccccc23)CC1.O=C(c1ccc(F)cc1)N1CCN(c2c([N+](=O)[O-])c(=O)n(Cc3ccc(F)cc3)c3ccccc23)CC1. The highest BCUT2D eigenvalue weighted by molar-refractivity contribution is 6.42. The Kier molecular flexibility index (Phi) is 23.3. The van der Waals surface area contributed by atoms with E-state index in [1.54, 1.807) is 98.5 Å². The van der Waals surface area contributed by atoms with Crippen molar-refractivity contribution >= 4 is 119 Å². The lowest BCUT2D eigenvalue weighted by Crippen LogP contribution is -2.49. The number of rotatable bonds is 16. The van der Waals surface area contributed by atoms with Crippen molar-refractivity contribution in [3.8, 4) is 0 Å². The van der Waals surface area contributed by atoms with Gasteiger partial charge in [-0.05, 0) is 122 Å². The summed E-state index contributed by atoms with van der Waals surface area (Å²) >= 11 is 18.0. The zero-order valence-electron chi connectivity index (χ0n) is 58.4. The first-order valence-electron chi connectivity index (χ1n) is 34.4.